The van der Waals surface area contributed by atoms with Crippen LogP contribution >= 0.6 is 11.6 Å². The Morgan fingerprint density at radius 1 is 1.24 bits per heavy atom. The highest BCUT2D eigenvalue weighted by molar-refractivity contribution is 7.90. The van der Waals surface area contributed by atoms with Crippen molar-refractivity contribution in [3.8, 4) is 11.9 Å². The molecule has 3 fully saturated rings. The van der Waals surface area contributed by atoms with Gasteiger partial charge in [0.15, 0.2) is 0 Å². The molecule has 174 valence electrons. The molecule has 0 amide bonds. The standard InChI is InChI=1S/C22H24ClN5O4S/c1-13-21(27-19-5-2-14(7-24)6-18(19)23)25-12-26-22(13)32-20-15-8-28(9-16(20)11-31-10-15)33(29,30)17-3-4-17/h2,5-6,12,15-17,20H,3-4,8-11H2,1H3,(H,25,26,27). The predicted molar refractivity (Wildman–Crippen MR) is 122 cm³/mol. The van der Waals surface area contributed by atoms with Gasteiger partial charge in [0, 0.05) is 24.9 Å². The van der Waals surface area contributed by atoms with Gasteiger partial charge in [-0.3, -0.25) is 0 Å². The zero-order chi connectivity index (χ0) is 23.2. The Morgan fingerprint density at radius 2 is 1.97 bits per heavy atom. The molecule has 2 unspecified atom stereocenters. The summed E-state index contributed by atoms with van der Waals surface area (Å²) in [6.45, 7) is 3.56. The van der Waals surface area contributed by atoms with E-state index < -0.39 is 10.0 Å². The number of hydrogen-bond donors (Lipinski definition) is 1. The van der Waals surface area contributed by atoms with Crippen molar-refractivity contribution in [2.75, 3.05) is 31.6 Å². The maximum atomic E-state index is 12.8. The zero-order valence-corrected chi connectivity index (χ0v) is 19.6. The largest absolute Gasteiger partial charge is 0.473 e. The van der Waals surface area contributed by atoms with Gasteiger partial charge in [0.2, 0.25) is 15.9 Å². The number of halogens is 1. The number of ether oxygens (including phenoxy) is 2. The fourth-order valence-corrected chi connectivity index (χ4v) is 6.63. The Kier molecular flexibility index (Phi) is 5.91. The van der Waals surface area contributed by atoms with Crippen LogP contribution in [0, 0.1) is 30.1 Å². The molecule has 1 N–H and O–H groups in total. The number of anilines is 2. The summed E-state index contributed by atoms with van der Waals surface area (Å²) in [4.78, 5) is 8.65. The quantitative estimate of drug-likeness (QED) is 0.658. The van der Waals surface area contributed by atoms with E-state index in [2.05, 4.69) is 21.4 Å². The lowest BCUT2D eigenvalue weighted by Crippen LogP contribution is -2.59. The molecule has 33 heavy (non-hydrogen) atoms. The highest BCUT2D eigenvalue weighted by Crippen LogP contribution is 2.38. The van der Waals surface area contributed by atoms with Gasteiger partial charge >= 0.3 is 0 Å². The molecule has 11 heteroatoms. The summed E-state index contributed by atoms with van der Waals surface area (Å²) >= 11 is 6.29. The van der Waals surface area contributed by atoms with Gasteiger partial charge < -0.3 is 14.8 Å². The van der Waals surface area contributed by atoms with Crippen molar-refractivity contribution in [2.45, 2.75) is 31.1 Å². The van der Waals surface area contributed by atoms with Gasteiger partial charge in [0.05, 0.1) is 46.4 Å². The molecule has 1 aromatic carbocycles. The Hall–Kier alpha value is -2.45. The smallest absolute Gasteiger partial charge is 0.221 e. The van der Waals surface area contributed by atoms with E-state index in [1.807, 2.05) is 6.92 Å². The molecule has 0 radical (unpaired) electrons. The maximum Gasteiger partial charge on any atom is 0.221 e. The van der Waals surface area contributed by atoms with Crippen LogP contribution < -0.4 is 10.1 Å². The molecule has 9 nitrogen and oxygen atoms in total. The predicted octanol–water partition coefficient (Wildman–Crippen LogP) is 2.87. The van der Waals surface area contributed by atoms with Gasteiger partial charge in [0.1, 0.15) is 18.2 Å². The lowest BCUT2D eigenvalue weighted by molar-refractivity contribution is -0.0997. The number of hydrogen-bond acceptors (Lipinski definition) is 8. The minimum atomic E-state index is -3.23. The summed E-state index contributed by atoms with van der Waals surface area (Å²) in [6, 6.07) is 7.04. The van der Waals surface area contributed by atoms with Crippen molar-refractivity contribution in [3.05, 3.63) is 40.7 Å². The van der Waals surface area contributed by atoms with Crippen molar-refractivity contribution in [3.63, 3.8) is 0 Å². The molecule has 5 rings (SSSR count). The fraction of sp³-hybridized carbons (Fsp3) is 0.500. The van der Waals surface area contributed by atoms with Crippen LogP contribution in [0.25, 0.3) is 0 Å². The highest BCUT2D eigenvalue weighted by atomic mass is 35.5. The van der Waals surface area contributed by atoms with E-state index >= 15 is 0 Å². The number of rotatable bonds is 6. The Balaban J connectivity index is 1.34. The molecule has 1 aliphatic carbocycles. The van der Waals surface area contributed by atoms with Crippen LogP contribution in [0.5, 0.6) is 5.88 Å². The third-order valence-electron chi connectivity index (χ3n) is 6.41. The molecule has 3 heterocycles. The van der Waals surface area contributed by atoms with E-state index in [4.69, 9.17) is 26.3 Å². The van der Waals surface area contributed by atoms with Crippen LogP contribution in [-0.2, 0) is 14.8 Å². The molecule has 2 aromatic rings. The van der Waals surface area contributed by atoms with Gasteiger partial charge in [0.25, 0.3) is 0 Å². The molecule has 0 spiro atoms. The minimum absolute atomic E-state index is 0.0650. The normalized spacial score (nSPS) is 25.3. The second kappa shape index (κ2) is 8.72. The maximum absolute atomic E-state index is 12.8. The number of fused-ring (bicyclic) bond motifs is 2. The first-order chi connectivity index (χ1) is 15.9. The monoisotopic (exact) mass is 489 g/mol. The first kappa shape index (κ1) is 22.3. The van der Waals surface area contributed by atoms with Gasteiger partial charge in [-0.2, -0.15) is 5.26 Å². The average Bonchev–Trinajstić information content (AvgIpc) is 3.63. The number of aromatic nitrogens is 2. The third kappa shape index (κ3) is 4.38. The molecule has 3 aliphatic rings. The van der Waals surface area contributed by atoms with Crippen LogP contribution in [-0.4, -0.2) is 60.3 Å². The molecule has 1 saturated carbocycles. The summed E-state index contributed by atoms with van der Waals surface area (Å²) in [7, 11) is -3.23. The SMILES string of the molecule is Cc1c(Nc2ccc(C#N)cc2Cl)ncnc1OC1C2COCC1CN(S(=O)(=O)C1CC1)C2. The molecule has 2 saturated heterocycles. The molecular weight excluding hydrogens is 466 g/mol. The molecule has 1 aromatic heterocycles. The number of nitrogens with zero attached hydrogens (tertiary/aromatic N) is 4. The summed E-state index contributed by atoms with van der Waals surface area (Å²) in [5, 5.41) is 12.4. The number of sulfonamides is 1. The Morgan fingerprint density at radius 3 is 2.61 bits per heavy atom. The van der Waals surface area contributed by atoms with Crippen LogP contribution in [0.1, 0.15) is 24.0 Å². The van der Waals surface area contributed by atoms with Crippen molar-refractivity contribution < 1.29 is 17.9 Å². The van der Waals surface area contributed by atoms with Crippen LogP contribution in [0.2, 0.25) is 5.02 Å². The molecule has 2 atom stereocenters. The lowest BCUT2D eigenvalue weighted by atomic mass is 9.85. The third-order valence-corrected chi connectivity index (χ3v) is 9.06. The van der Waals surface area contributed by atoms with Gasteiger partial charge in [-0.1, -0.05) is 11.6 Å². The first-order valence-electron chi connectivity index (χ1n) is 10.9. The number of piperidine rings is 1. The zero-order valence-electron chi connectivity index (χ0n) is 18.1. The summed E-state index contributed by atoms with van der Waals surface area (Å²) < 4.78 is 39.3. The molecule has 2 bridgehead atoms. The van der Waals surface area contributed by atoms with Crippen LogP contribution in [0.3, 0.4) is 0 Å². The van der Waals surface area contributed by atoms with E-state index in [0.717, 1.165) is 12.8 Å². The molecule has 2 aliphatic heterocycles. The fourth-order valence-electron chi connectivity index (χ4n) is 4.45. The van der Waals surface area contributed by atoms with E-state index in [1.54, 1.807) is 22.5 Å². The number of nitrogens with one attached hydrogen (secondary N) is 1. The highest BCUT2D eigenvalue weighted by Gasteiger charge is 2.49. The summed E-state index contributed by atoms with van der Waals surface area (Å²) in [5.41, 5.74) is 1.80. The second-order valence-electron chi connectivity index (χ2n) is 8.79. The molecular formula is C22H24ClN5O4S. The average molecular weight is 490 g/mol. The second-order valence-corrected chi connectivity index (χ2v) is 11.4. The van der Waals surface area contributed by atoms with Crippen molar-refractivity contribution in [2.24, 2.45) is 11.8 Å². The van der Waals surface area contributed by atoms with Crippen molar-refractivity contribution in [1.29, 1.82) is 5.26 Å². The number of nitriles is 1. The Labute approximate surface area is 197 Å². The van der Waals surface area contributed by atoms with E-state index in [9.17, 15) is 8.42 Å². The van der Waals surface area contributed by atoms with E-state index in [1.165, 1.54) is 6.33 Å². The van der Waals surface area contributed by atoms with Crippen LogP contribution in [0.4, 0.5) is 11.5 Å². The van der Waals surface area contributed by atoms with Crippen molar-refractivity contribution >= 4 is 33.1 Å². The van der Waals surface area contributed by atoms with Gasteiger partial charge in [-0.15, -0.1) is 0 Å². The van der Waals surface area contributed by atoms with E-state index in [-0.39, 0.29) is 23.2 Å². The first-order valence-corrected chi connectivity index (χ1v) is 12.8. The number of benzene rings is 1. The van der Waals surface area contributed by atoms with Crippen LogP contribution in [0.15, 0.2) is 24.5 Å². The minimum Gasteiger partial charge on any atom is -0.473 e. The Bertz CT molecular complexity index is 1200. The topological polar surface area (TPSA) is 117 Å². The lowest BCUT2D eigenvalue weighted by Gasteiger charge is -2.45. The summed E-state index contributed by atoms with van der Waals surface area (Å²) in [6.07, 6.45) is 2.73. The van der Waals surface area contributed by atoms with E-state index in [0.29, 0.717) is 59.8 Å². The van der Waals surface area contributed by atoms with Gasteiger partial charge in [-0.05, 0) is 38.0 Å². The van der Waals surface area contributed by atoms with Crippen molar-refractivity contribution in [1.82, 2.24) is 14.3 Å². The summed E-state index contributed by atoms with van der Waals surface area (Å²) in [5.74, 6) is 0.856. The van der Waals surface area contributed by atoms with Gasteiger partial charge in [-0.25, -0.2) is 22.7 Å².